The molecule has 1 atom stereocenters. The van der Waals surface area contributed by atoms with E-state index in [9.17, 15) is 9.90 Å². The zero-order valence-electron chi connectivity index (χ0n) is 17.5. The number of rotatable bonds is 7. The Morgan fingerprint density at radius 1 is 1.13 bits per heavy atom. The molecule has 0 amide bonds. The van der Waals surface area contributed by atoms with Gasteiger partial charge >= 0.3 is 5.97 Å². The maximum Gasteiger partial charge on any atom is 0.339 e. The van der Waals surface area contributed by atoms with Gasteiger partial charge in [-0.3, -0.25) is 4.90 Å². The second-order valence-corrected chi connectivity index (χ2v) is 7.54. The van der Waals surface area contributed by atoms with E-state index in [1.807, 2.05) is 30.3 Å². The van der Waals surface area contributed by atoms with Gasteiger partial charge in [-0.1, -0.05) is 6.07 Å². The maximum absolute atomic E-state index is 11.1. The van der Waals surface area contributed by atoms with Crippen molar-refractivity contribution in [3.05, 3.63) is 65.4 Å². The number of phenols is 1. The highest BCUT2D eigenvalue weighted by atomic mass is 16.5. The third kappa shape index (κ3) is 4.22. The Morgan fingerprint density at radius 2 is 1.97 bits per heavy atom. The van der Waals surface area contributed by atoms with Gasteiger partial charge in [0.15, 0.2) is 0 Å². The van der Waals surface area contributed by atoms with Gasteiger partial charge in [-0.25, -0.2) is 4.79 Å². The lowest BCUT2D eigenvalue weighted by molar-refractivity contribution is 0.0693. The minimum absolute atomic E-state index is 0.136. The summed E-state index contributed by atoms with van der Waals surface area (Å²) in [5.41, 5.74) is 1.59. The van der Waals surface area contributed by atoms with E-state index >= 15 is 0 Å². The molecule has 1 unspecified atom stereocenters. The summed E-state index contributed by atoms with van der Waals surface area (Å²) in [7, 11) is 3.33. The first-order chi connectivity index (χ1) is 15.0. The van der Waals surface area contributed by atoms with Crippen molar-refractivity contribution in [1.29, 1.82) is 0 Å². The summed E-state index contributed by atoms with van der Waals surface area (Å²) in [5.74, 6) is 1.56. The summed E-state index contributed by atoms with van der Waals surface area (Å²) in [6.07, 6.45) is 2.09. The van der Waals surface area contributed by atoms with Gasteiger partial charge in [0.1, 0.15) is 34.3 Å². The molecule has 7 nitrogen and oxygen atoms in total. The van der Waals surface area contributed by atoms with Crippen LogP contribution in [0.5, 0.6) is 17.2 Å². The fourth-order valence-corrected chi connectivity index (χ4v) is 4.15. The van der Waals surface area contributed by atoms with Crippen molar-refractivity contribution >= 4 is 5.97 Å². The van der Waals surface area contributed by atoms with Crippen LogP contribution in [0.1, 0.15) is 40.6 Å². The Bertz CT molecular complexity index is 1090. The summed E-state index contributed by atoms with van der Waals surface area (Å²) >= 11 is 0. The summed E-state index contributed by atoms with van der Waals surface area (Å²) < 4.78 is 17.0. The summed E-state index contributed by atoms with van der Waals surface area (Å²) in [6.45, 7) is 1.57. The Balaban J connectivity index is 1.55. The van der Waals surface area contributed by atoms with Gasteiger partial charge in [0.25, 0.3) is 0 Å². The fraction of sp³-hybridized carbons (Fsp3) is 0.292. The van der Waals surface area contributed by atoms with Crippen LogP contribution in [0.2, 0.25) is 0 Å². The van der Waals surface area contributed by atoms with Crippen LogP contribution in [-0.2, 0) is 6.54 Å². The molecule has 1 fully saturated rings. The number of carbonyl (C=O) groups is 1. The van der Waals surface area contributed by atoms with Gasteiger partial charge in [-0.2, -0.15) is 0 Å². The molecule has 0 spiro atoms. The smallest absolute Gasteiger partial charge is 0.339 e. The zero-order valence-corrected chi connectivity index (χ0v) is 17.5. The Hall–Kier alpha value is -3.45. The third-order valence-corrected chi connectivity index (χ3v) is 5.69. The van der Waals surface area contributed by atoms with Crippen LogP contribution in [0, 0.1) is 0 Å². The zero-order chi connectivity index (χ0) is 22.0. The largest absolute Gasteiger partial charge is 0.507 e. The van der Waals surface area contributed by atoms with E-state index in [1.54, 1.807) is 20.3 Å². The van der Waals surface area contributed by atoms with E-state index < -0.39 is 5.97 Å². The number of methoxy groups -OCH3 is 2. The molecule has 3 aromatic rings. The second kappa shape index (κ2) is 8.73. The van der Waals surface area contributed by atoms with E-state index in [4.69, 9.17) is 19.0 Å². The van der Waals surface area contributed by atoms with E-state index in [2.05, 4.69) is 4.90 Å². The van der Waals surface area contributed by atoms with Crippen molar-refractivity contribution in [3.8, 4) is 28.6 Å². The average molecular weight is 423 g/mol. The predicted octanol–water partition coefficient (Wildman–Crippen LogP) is 4.70. The van der Waals surface area contributed by atoms with Gasteiger partial charge in [0.05, 0.1) is 20.8 Å². The van der Waals surface area contributed by atoms with Crippen molar-refractivity contribution in [2.24, 2.45) is 0 Å². The topological polar surface area (TPSA) is 92.4 Å². The van der Waals surface area contributed by atoms with Crippen LogP contribution in [-0.4, -0.2) is 41.8 Å². The minimum Gasteiger partial charge on any atom is -0.507 e. The first kappa shape index (κ1) is 20.8. The SMILES string of the molecule is COc1ccc(OC)c(C2CCCN2Cc2ccc(-c3ccc(C(=O)O)c(O)c3)o2)c1. The lowest BCUT2D eigenvalue weighted by atomic mass is 10.0. The molecule has 1 aliphatic rings. The molecular formula is C24H25NO6. The number of aromatic carboxylic acids is 1. The molecule has 1 aliphatic heterocycles. The normalized spacial score (nSPS) is 16.4. The first-order valence-electron chi connectivity index (χ1n) is 10.1. The van der Waals surface area contributed by atoms with Crippen molar-refractivity contribution in [2.45, 2.75) is 25.4 Å². The molecule has 162 valence electrons. The third-order valence-electron chi connectivity index (χ3n) is 5.69. The van der Waals surface area contributed by atoms with Crippen LogP contribution < -0.4 is 9.47 Å². The van der Waals surface area contributed by atoms with Crippen LogP contribution in [0.4, 0.5) is 0 Å². The van der Waals surface area contributed by atoms with Crippen molar-refractivity contribution in [1.82, 2.24) is 4.90 Å². The number of likely N-dealkylation sites (tertiary alicyclic amines) is 1. The molecular weight excluding hydrogens is 398 g/mol. The molecule has 31 heavy (non-hydrogen) atoms. The van der Waals surface area contributed by atoms with Crippen LogP contribution in [0.15, 0.2) is 52.9 Å². The average Bonchev–Trinajstić information content (AvgIpc) is 3.43. The van der Waals surface area contributed by atoms with Crippen molar-refractivity contribution < 1.29 is 28.9 Å². The highest BCUT2D eigenvalue weighted by Gasteiger charge is 2.29. The van der Waals surface area contributed by atoms with E-state index in [0.717, 1.165) is 42.2 Å². The molecule has 1 aromatic heterocycles. The number of carboxylic acid groups (broad SMARTS) is 1. The molecule has 1 saturated heterocycles. The van der Waals surface area contributed by atoms with Gasteiger partial charge in [-0.05, 0) is 61.9 Å². The monoisotopic (exact) mass is 423 g/mol. The van der Waals surface area contributed by atoms with Gasteiger partial charge in [0, 0.05) is 17.2 Å². The molecule has 4 rings (SSSR count). The number of benzene rings is 2. The Morgan fingerprint density at radius 3 is 2.68 bits per heavy atom. The summed E-state index contributed by atoms with van der Waals surface area (Å²) in [4.78, 5) is 13.4. The lowest BCUT2D eigenvalue weighted by Gasteiger charge is -2.25. The quantitative estimate of drug-likeness (QED) is 0.569. The number of furan rings is 1. The first-order valence-corrected chi connectivity index (χ1v) is 10.1. The molecule has 0 saturated carbocycles. The summed E-state index contributed by atoms with van der Waals surface area (Å²) in [5, 5.41) is 19.0. The molecule has 7 heteroatoms. The number of nitrogens with zero attached hydrogens (tertiary/aromatic N) is 1. The molecule has 2 N–H and O–H groups in total. The Kier molecular flexibility index (Phi) is 5.86. The summed E-state index contributed by atoms with van der Waals surface area (Å²) in [6, 6.07) is 14.2. The van der Waals surface area contributed by atoms with E-state index in [-0.39, 0.29) is 17.4 Å². The standard InChI is InChI=1S/C24H25NO6/c1-29-16-6-10-23(30-2)19(13-16)20-4-3-11-25(20)14-17-7-9-22(31-17)15-5-8-18(24(27)28)21(26)12-15/h5-10,12-13,20,26H,3-4,11,14H2,1-2H3,(H,27,28). The number of carboxylic acids is 1. The molecule has 0 aliphatic carbocycles. The fourth-order valence-electron chi connectivity index (χ4n) is 4.15. The van der Waals surface area contributed by atoms with E-state index in [1.165, 1.54) is 12.1 Å². The highest BCUT2D eigenvalue weighted by Crippen LogP contribution is 2.40. The Labute approximate surface area is 180 Å². The van der Waals surface area contributed by atoms with Crippen LogP contribution in [0.3, 0.4) is 0 Å². The number of hydrogen-bond acceptors (Lipinski definition) is 6. The van der Waals surface area contributed by atoms with Crippen molar-refractivity contribution in [3.63, 3.8) is 0 Å². The van der Waals surface area contributed by atoms with Gasteiger partial charge in [-0.15, -0.1) is 0 Å². The number of aromatic hydroxyl groups is 1. The lowest BCUT2D eigenvalue weighted by Crippen LogP contribution is -2.23. The number of ether oxygens (including phenoxy) is 2. The second-order valence-electron chi connectivity index (χ2n) is 7.54. The molecule has 0 bridgehead atoms. The van der Waals surface area contributed by atoms with Gasteiger partial charge < -0.3 is 24.1 Å². The molecule has 2 aromatic carbocycles. The molecule has 0 radical (unpaired) electrons. The maximum atomic E-state index is 11.1. The molecule has 2 heterocycles. The van der Waals surface area contributed by atoms with E-state index in [0.29, 0.717) is 17.9 Å². The predicted molar refractivity (Wildman–Crippen MR) is 115 cm³/mol. The van der Waals surface area contributed by atoms with Crippen LogP contribution in [0.25, 0.3) is 11.3 Å². The number of hydrogen-bond donors (Lipinski definition) is 2. The van der Waals surface area contributed by atoms with Crippen molar-refractivity contribution in [2.75, 3.05) is 20.8 Å². The van der Waals surface area contributed by atoms with Gasteiger partial charge in [0.2, 0.25) is 0 Å². The minimum atomic E-state index is -1.17. The van der Waals surface area contributed by atoms with Crippen LogP contribution >= 0.6 is 0 Å². The highest BCUT2D eigenvalue weighted by molar-refractivity contribution is 5.91.